The SMILES string of the molecule is CC(C)OP(=O)(OC(C)C)[C@H](O)c1ccc(N(C)C)cc1. The number of benzene rings is 1. The van der Waals surface area contributed by atoms with Crippen LogP contribution < -0.4 is 4.90 Å². The Bertz CT molecular complexity index is 471. The Morgan fingerprint density at radius 2 is 1.43 bits per heavy atom. The summed E-state index contributed by atoms with van der Waals surface area (Å²) in [4.78, 5) is 1.95. The first kappa shape index (κ1) is 18.2. The van der Waals surface area contributed by atoms with E-state index in [9.17, 15) is 9.67 Å². The summed E-state index contributed by atoms with van der Waals surface area (Å²) in [5.74, 6) is -1.29. The summed E-state index contributed by atoms with van der Waals surface area (Å²) in [6.07, 6.45) is -0.601. The molecule has 0 aliphatic rings. The minimum Gasteiger partial charge on any atom is -0.378 e. The maximum atomic E-state index is 12.8. The van der Waals surface area contributed by atoms with Gasteiger partial charge in [-0.15, -0.1) is 0 Å². The minimum absolute atomic E-state index is 0.301. The zero-order chi connectivity index (χ0) is 16.2. The summed E-state index contributed by atoms with van der Waals surface area (Å²) in [7, 11) is 0.220. The van der Waals surface area contributed by atoms with Gasteiger partial charge in [0.15, 0.2) is 5.85 Å². The Balaban J connectivity index is 3.04. The molecule has 1 rings (SSSR count). The van der Waals surface area contributed by atoms with Crippen molar-refractivity contribution >= 4 is 13.3 Å². The second-order valence-electron chi connectivity index (χ2n) is 5.71. The quantitative estimate of drug-likeness (QED) is 0.776. The molecule has 0 aliphatic carbocycles. The van der Waals surface area contributed by atoms with Crippen molar-refractivity contribution in [3.8, 4) is 0 Å². The lowest BCUT2D eigenvalue weighted by Gasteiger charge is -2.27. The smallest absolute Gasteiger partial charge is 0.363 e. The van der Waals surface area contributed by atoms with E-state index in [4.69, 9.17) is 9.05 Å². The highest BCUT2D eigenvalue weighted by Gasteiger charge is 2.37. The lowest BCUT2D eigenvalue weighted by atomic mass is 10.2. The first-order valence-electron chi connectivity index (χ1n) is 7.07. The van der Waals surface area contributed by atoms with Gasteiger partial charge in [0, 0.05) is 19.8 Å². The van der Waals surface area contributed by atoms with Crippen LogP contribution in [0.25, 0.3) is 0 Å². The molecule has 1 aromatic carbocycles. The van der Waals surface area contributed by atoms with Crippen molar-refractivity contribution in [2.24, 2.45) is 0 Å². The van der Waals surface area contributed by atoms with Crippen LogP contribution in [0.1, 0.15) is 39.1 Å². The number of aliphatic hydroxyl groups is 1. The van der Waals surface area contributed by atoms with E-state index < -0.39 is 13.4 Å². The van der Waals surface area contributed by atoms with Crippen molar-refractivity contribution in [3.05, 3.63) is 29.8 Å². The maximum absolute atomic E-state index is 12.8. The molecule has 0 heterocycles. The van der Waals surface area contributed by atoms with Crippen LogP contribution in [0, 0.1) is 0 Å². The summed E-state index contributed by atoms with van der Waals surface area (Å²) in [5.41, 5.74) is 1.51. The predicted molar refractivity (Wildman–Crippen MR) is 85.8 cm³/mol. The highest BCUT2D eigenvalue weighted by atomic mass is 31.2. The molecule has 120 valence electrons. The Morgan fingerprint density at radius 1 is 1.00 bits per heavy atom. The molecule has 0 radical (unpaired) electrons. The van der Waals surface area contributed by atoms with Crippen molar-refractivity contribution in [2.45, 2.75) is 45.7 Å². The van der Waals surface area contributed by atoms with E-state index in [1.54, 1.807) is 39.8 Å². The fourth-order valence-electron chi connectivity index (χ4n) is 1.86. The fraction of sp³-hybridized carbons (Fsp3) is 0.600. The van der Waals surface area contributed by atoms with Gasteiger partial charge in [-0.1, -0.05) is 12.1 Å². The maximum Gasteiger partial charge on any atom is 0.363 e. The van der Waals surface area contributed by atoms with Crippen LogP contribution in [0.4, 0.5) is 5.69 Å². The molecule has 0 amide bonds. The molecule has 21 heavy (non-hydrogen) atoms. The number of aliphatic hydroxyl groups excluding tert-OH is 1. The van der Waals surface area contributed by atoms with Crippen LogP contribution in [0.15, 0.2) is 24.3 Å². The third-order valence-electron chi connectivity index (χ3n) is 2.72. The van der Waals surface area contributed by atoms with Crippen molar-refractivity contribution < 1.29 is 18.7 Å². The molecule has 1 N–H and O–H groups in total. The molecule has 1 atom stereocenters. The average Bonchev–Trinajstić information content (AvgIpc) is 2.36. The lowest BCUT2D eigenvalue weighted by molar-refractivity contribution is 0.101. The molecule has 0 unspecified atom stereocenters. The van der Waals surface area contributed by atoms with Crippen LogP contribution in [-0.2, 0) is 13.6 Å². The average molecular weight is 315 g/mol. The van der Waals surface area contributed by atoms with Gasteiger partial charge in [0.25, 0.3) is 0 Å². The second-order valence-corrected chi connectivity index (χ2v) is 7.70. The Labute approximate surface area is 127 Å². The van der Waals surface area contributed by atoms with Gasteiger partial charge in [-0.25, -0.2) is 0 Å². The van der Waals surface area contributed by atoms with Crippen LogP contribution in [0.5, 0.6) is 0 Å². The molecule has 5 nitrogen and oxygen atoms in total. The molecular formula is C15H26NO4P. The van der Waals surface area contributed by atoms with Crippen molar-refractivity contribution in [1.29, 1.82) is 0 Å². The van der Waals surface area contributed by atoms with Gasteiger partial charge in [-0.3, -0.25) is 4.57 Å². The number of hydrogen-bond donors (Lipinski definition) is 1. The summed E-state index contributed by atoms with van der Waals surface area (Å²) in [6.45, 7) is 7.05. The Hall–Kier alpha value is -0.870. The van der Waals surface area contributed by atoms with E-state index in [0.717, 1.165) is 5.69 Å². The molecule has 0 saturated carbocycles. The van der Waals surface area contributed by atoms with Gasteiger partial charge in [0.1, 0.15) is 0 Å². The molecule has 0 aliphatic heterocycles. The number of hydrogen-bond acceptors (Lipinski definition) is 5. The van der Waals surface area contributed by atoms with E-state index in [1.807, 2.05) is 31.1 Å². The van der Waals surface area contributed by atoms with Gasteiger partial charge < -0.3 is 19.1 Å². The second kappa shape index (κ2) is 7.41. The molecule has 0 bridgehead atoms. The normalized spacial score (nSPS) is 13.8. The molecule has 6 heteroatoms. The Morgan fingerprint density at radius 3 is 1.76 bits per heavy atom. The number of anilines is 1. The van der Waals surface area contributed by atoms with Crippen LogP contribution in [0.3, 0.4) is 0 Å². The fourth-order valence-corrected chi connectivity index (χ4v) is 3.85. The van der Waals surface area contributed by atoms with Crippen molar-refractivity contribution in [1.82, 2.24) is 0 Å². The third kappa shape index (κ3) is 5.11. The standard InChI is InChI=1S/C15H26NO4P/c1-11(2)19-21(18,20-12(3)4)15(17)13-7-9-14(10-8-13)16(5)6/h7-12,15,17H,1-6H3/t15-/m0/s1. The minimum atomic E-state index is -3.64. The summed E-state index contributed by atoms with van der Waals surface area (Å²) in [6, 6.07) is 7.18. The van der Waals surface area contributed by atoms with E-state index in [1.165, 1.54) is 0 Å². The van der Waals surface area contributed by atoms with Gasteiger partial charge in [0.05, 0.1) is 12.2 Å². The van der Waals surface area contributed by atoms with E-state index >= 15 is 0 Å². The van der Waals surface area contributed by atoms with Crippen molar-refractivity contribution in [3.63, 3.8) is 0 Å². The van der Waals surface area contributed by atoms with Crippen LogP contribution >= 0.6 is 7.60 Å². The summed E-state index contributed by atoms with van der Waals surface area (Å²) in [5, 5.41) is 10.4. The molecule has 0 fully saturated rings. The summed E-state index contributed by atoms with van der Waals surface area (Å²) < 4.78 is 23.7. The summed E-state index contributed by atoms with van der Waals surface area (Å²) >= 11 is 0. The van der Waals surface area contributed by atoms with E-state index in [-0.39, 0.29) is 12.2 Å². The number of rotatable bonds is 7. The molecule has 1 aromatic rings. The van der Waals surface area contributed by atoms with Gasteiger partial charge in [-0.05, 0) is 45.4 Å². The highest BCUT2D eigenvalue weighted by Crippen LogP contribution is 2.61. The van der Waals surface area contributed by atoms with Gasteiger partial charge in [0.2, 0.25) is 0 Å². The molecule has 0 saturated heterocycles. The van der Waals surface area contributed by atoms with Gasteiger partial charge in [-0.2, -0.15) is 0 Å². The first-order chi connectivity index (χ1) is 9.65. The zero-order valence-corrected chi connectivity index (χ0v) is 14.5. The largest absolute Gasteiger partial charge is 0.378 e. The van der Waals surface area contributed by atoms with E-state index in [0.29, 0.717) is 5.56 Å². The third-order valence-corrected chi connectivity index (χ3v) is 5.05. The van der Waals surface area contributed by atoms with Crippen LogP contribution in [0.2, 0.25) is 0 Å². The van der Waals surface area contributed by atoms with Crippen LogP contribution in [-0.4, -0.2) is 31.4 Å². The number of nitrogens with zero attached hydrogens (tertiary/aromatic N) is 1. The monoisotopic (exact) mass is 315 g/mol. The first-order valence-corrected chi connectivity index (χ1v) is 8.68. The lowest BCUT2D eigenvalue weighted by Crippen LogP contribution is -2.14. The topological polar surface area (TPSA) is 59.0 Å². The van der Waals surface area contributed by atoms with E-state index in [2.05, 4.69) is 0 Å². The Kier molecular flexibility index (Phi) is 6.41. The highest BCUT2D eigenvalue weighted by molar-refractivity contribution is 7.54. The van der Waals surface area contributed by atoms with Gasteiger partial charge >= 0.3 is 7.60 Å². The molecule has 0 aromatic heterocycles. The molecule has 0 spiro atoms. The van der Waals surface area contributed by atoms with Crippen molar-refractivity contribution in [2.75, 3.05) is 19.0 Å². The predicted octanol–water partition coefficient (Wildman–Crippen LogP) is 3.79. The zero-order valence-electron chi connectivity index (χ0n) is 13.6. The molecular weight excluding hydrogens is 289 g/mol.